The van der Waals surface area contributed by atoms with E-state index in [4.69, 9.17) is 20.9 Å². The first-order valence-corrected chi connectivity index (χ1v) is 8.80. The topological polar surface area (TPSA) is 87.6 Å². The molecular formula is C21H26N2O3. The Morgan fingerprint density at radius 3 is 2.31 bits per heavy atom. The minimum Gasteiger partial charge on any atom is -0.487 e. The van der Waals surface area contributed by atoms with Crippen molar-refractivity contribution in [2.24, 2.45) is 0 Å². The predicted octanol–water partition coefficient (Wildman–Crippen LogP) is 4.10. The summed E-state index contributed by atoms with van der Waals surface area (Å²) in [6.07, 6.45) is 1.80. The average Bonchev–Trinajstić information content (AvgIpc) is 2.56. The van der Waals surface area contributed by atoms with E-state index in [0.29, 0.717) is 17.1 Å². The van der Waals surface area contributed by atoms with Crippen LogP contribution in [-0.2, 0) is 6.42 Å². The van der Waals surface area contributed by atoms with Crippen LogP contribution in [0.25, 0.3) is 0 Å². The molecule has 0 atom stereocenters. The molecule has 0 aromatic heterocycles. The molecule has 0 bridgehead atoms. The molecule has 0 unspecified atom stereocenters. The highest BCUT2D eigenvalue weighted by Crippen LogP contribution is 2.43. The van der Waals surface area contributed by atoms with E-state index in [0.717, 1.165) is 40.8 Å². The first-order valence-electron chi connectivity index (χ1n) is 8.80. The van der Waals surface area contributed by atoms with Crippen LogP contribution in [0, 0.1) is 20.8 Å². The number of rotatable bonds is 2. The molecule has 0 amide bonds. The molecule has 0 aliphatic carbocycles. The van der Waals surface area contributed by atoms with Crippen LogP contribution in [0.1, 0.15) is 52.9 Å². The SMILES string of the molecule is Cc1c(C)c2c(c(C)c1OC(=O)c1c(N)cccc1N)CCC(C)(C)O2. The lowest BCUT2D eigenvalue weighted by Crippen LogP contribution is -2.33. The minimum absolute atomic E-state index is 0.193. The number of hydrogen-bond donors (Lipinski definition) is 2. The molecule has 5 nitrogen and oxygen atoms in total. The Kier molecular flexibility index (Phi) is 4.34. The van der Waals surface area contributed by atoms with Crippen LogP contribution in [0.15, 0.2) is 18.2 Å². The van der Waals surface area contributed by atoms with E-state index in [1.807, 2.05) is 20.8 Å². The maximum Gasteiger partial charge on any atom is 0.347 e. The summed E-state index contributed by atoms with van der Waals surface area (Å²) in [5.74, 6) is 0.940. The molecule has 0 spiro atoms. The Labute approximate surface area is 154 Å². The lowest BCUT2D eigenvalue weighted by molar-refractivity contribution is 0.0724. The Hall–Kier alpha value is -2.69. The normalized spacial score (nSPS) is 15.1. The fourth-order valence-electron chi connectivity index (χ4n) is 3.47. The first kappa shape index (κ1) is 18.1. The van der Waals surface area contributed by atoms with E-state index in [-0.39, 0.29) is 11.2 Å². The fraction of sp³-hybridized carbons (Fsp3) is 0.381. The number of anilines is 2. The van der Waals surface area contributed by atoms with Crippen molar-refractivity contribution in [3.63, 3.8) is 0 Å². The number of carbonyl (C=O) groups excluding carboxylic acids is 1. The van der Waals surface area contributed by atoms with Crippen molar-refractivity contribution in [2.45, 2.75) is 53.1 Å². The van der Waals surface area contributed by atoms with Crippen LogP contribution in [0.2, 0.25) is 0 Å². The van der Waals surface area contributed by atoms with Gasteiger partial charge >= 0.3 is 5.97 Å². The number of carbonyl (C=O) groups is 1. The zero-order valence-electron chi connectivity index (χ0n) is 16.0. The minimum atomic E-state index is -0.539. The Balaban J connectivity index is 2.05. The standard InChI is InChI=1S/C21H26N2O3/c1-11-12(2)19-14(9-10-21(4,5)26-19)13(3)18(11)25-20(24)17-15(22)7-6-8-16(17)23/h6-8H,9-10,22-23H2,1-5H3. The zero-order valence-corrected chi connectivity index (χ0v) is 16.0. The van der Waals surface area contributed by atoms with Crippen molar-refractivity contribution in [3.8, 4) is 11.5 Å². The second-order valence-corrected chi connectivity index (χ2v) is 7.57. The molecule has 2 aromatic rings. The second-order valence-electron chi connectivity index (χ2n) is 7.57. The van der Waals surface area contributed by atoms with Crippen LogP contribution < -0.4 is 20.9 Å². The zero-order chi connectivity index (χ0) is 19.2. The highest BCUT2D eigenvalue weighted by atomic mass is 16.5. The van der Waals surface area contributed by atoms with Crippen molar-refractivity contribution in [3.05, 3.63) is 46.0 Å². The summed E-state index contributed by atoms with van der Waals surface area (Å²) in [7, 11) is 0. The van der Waals surface area contributed by atoms with Gasteiger partial charge in [0.25, 0.3) is 0 Å². The molecule has 0 saturated carbocycles. The van der Waals surface area contributed by atoms with E-state index >= 15 is 0 Å². The van der Waals surface area contributed by atoms with Gasteiger partial charge in [0.2, 0.25) is 0 Å². The Morgan fingerprint density at radius 1 is 1.08 bits per heavy atom. The van der Waals surface area contributed by atoms with Crippen LogP contribution >= 0.6 is 0 Å². The third-order valence-electron chi connectivity index (χ3n) is 5.19. The molecule has 2 aromatic carbocycles. The van der Waals surface area contributed by atoms with Crippen LogP contribution in [0.3, 0.4) is 0 Å². The van der Waals surface area contributed by atoms with E-state index in [1.165, 1.54) is 0 Å². The number of fused-ring (bicyclic) bond motifs is 1. The van der Waals surface area contributed by atoms with Crippen LogP contribution in [-0.4, -0.2) is 11.6 Å². The predicted molar refractivity (Wildman–Crippen MR) is 104 cm³/mol. The second kappa shape index (κ2) is 6.24. The average molecular weight is 354 g/mol. The number of hydrogen-bond acceptors (Lipinski definition) is 5. The lowest BCUT2D eigenvalue weighted by Gasteiger charge is -2.35. The van der Waals surface area contributed by atoms with Crippen molar-refractivity contribution in [1.82, 2.24) is 0 Å². The van der Waals surface area contributed by atoms with Gasteiger partial charge in [-0.2, -0.15) is 0 Å². The molecule has 0 saturated heterocycles. The number of ether oxygens (including phenoxy) is 2. The molecule has 138 valence electrons. The number of nitrogen functional groups attached to an aromatic ring is 2. The van der Waals surface area contributed by atoms with Gasteiger partial charge in [-0.15, -0.1) is 0 Å². The summed E-state index contributed by atoms with van der Waals surface area (Å²) in [5.41, 5.74) is 16.4. The molecular weight excluding hydrogens is 328 g/mol. The van der Waals surface area contributed by atoms with E-state index < -0.39 is 5.97 Å². The maximum atomic E-state index is 12.7. The van der Waals surface area contributed by atoms with Gasteiger partial charge in [-0.1, -0.05) is 6.07 Å². The first-order chi connectivity index (χ1) is 12.1. The van der Waals surface area contributed by atoms with Crippen molar-refractivity contribution < 1.29 is 14.3 Å². The molecule has 4 N–H and O–H groups in total. The molecule has 3 rings (SSSR count). The third-order valence-corrected chi connectivity index (χ3v) is 5.19. The molecule has 5 heteroatoms. The summed E-state index contributed by atoms with van der Waals surface area (Å²) < 4.78 is 12.0. The molecule has 1 aliphatic rings. The summed E-state index contributed by atoms with van der Waals surface area (Å²) in [5, 5.41) is 0. The maximum absolute atomic E-state index is 12.7. The van der Waals surface area contributed by atoms with Crippen molar-refractivity contribution in [2.75, 3.05) is 11.5 Å². The molecule has 26 heavy (non-hydrogen) atoms. The van der Waals surface area contributed by atoms with E-state index in [2.05, 4.69) is 13.8 Å². The summed E-state index contributed by atoms with van der Waals surface area (Å²) in [6.45, 7) is 10.1. The van der Waals surface area contributed by atoms with Gasteiger partial charge in [0.05, 0.1) is 0 Å². The summed E-state index contributed by atoms with van der Waals surface area (Å²) >= 11 is 0. The fourth-order valence-corrected chi connectivity index (χ4v) is 3.47. The van der Waals surface area contributed by atoms with Gasteiger partial charge in [0.1, 0.15) is 22.7 Å². The molecule has 1 aliphatic heterocycles. The number of esters is 1. The number of nitrogens with two attached hydrogens (primary N) is 2. The molecule has 0 fully saturated rings. The van der Waals surface area contributed by atoms with Gasteiger partial charge in [-0.3, -0.25) is 0 Å². The molecule has 0 radical (unpaired) electrons. The highest BCUT2D eigenvalue weighted by Gasteiger charge is 2.31. The summed E-state index contributed by atoms with van der Waals surface area (Å²) in [4.78, 5) is 12.7. The Bertz CT molecular complexity index is 881. The van der Waals surface area contributed by atoms with Crippen molar-refractivity contribution in [1.29, 1.82) is 0 Å². The number of benzene rings is 2. The monoisotopic (exact) mass is 354 g/mol. The van der Waals surface area contributed by atoms with Gasteiger partial charge in [-0.05, 0) is 76.3 Å². The van der Waals surface area contributed by atoms with E-state index in [9.17, 15) is 4.79 Å². The van der Waals surface area contributed by atoms with Crippen LogP contribution in [0.5, 0.6) is 11.5 Å². The smallest absolute Gasteiger partial charge is 0.347 e. The lowest BCUT2D eigenvalue weighted by atomic mass is 9.88. The van der Waals surface area contributed by atoms with Crippen LogP contribution in [0.4, 0.5) is 11.4 Å². The van der Waals surface area contributed by atoms with Crippen molar-refractivity contribution >= 4 is 17.3 Å². The van der Waals surface area contributed by atoms with E-state index in [1.54, 1.807) is 18.2 Å². The van der Waals surface area contributed by atoms with Gasteiger partial charge in [0, 0.05) is 16.9 Å². The summed E-state index contributed by atoms with van der Waals surface area (Å²) in [6, 6.07) is 4.99. The van der Waals surface area contributed by atoms with Gasteiger partial charge in [0.15, 0.2) is 0 Å². The van der Waals surface area contributed by atoms with Gasteiger partial charge in [-0.25, -0.2) is 4.79 Å². The van der Waals surface area contributed by atoms with Gasteiger partial charge < -0.3 is 20.9 Å². The molecule has 1 heterocycles. The largest absolute Gasteiger partial charge is 0.487 e. The third kappa shape index (κ3) is 2.98. The Morgan fingerprint density at radius 2 is 1.69 bits per heavy atom. The highest BCUT2D eigenvalue weighted by molar-refractivity contribution is 6.01. The quantitative estimate of drug-likeness (QED) is 0.482.